The molecule has 8 aromatic rings. The van der Waals surface area contributed by atoms with Gasteiger partial charge in [0.1, 0.15) is 6.29 Å². The van der Waals surface area contributed by atoms with E-state index in [1.54, 1.807) is 0 Å². The summed E-state index contributed by atoms with van der Waals surface area (Å²) < 4.78 is 0. The van der Waals surface area contributed by atoms with Crippen LogP contribution in [0.1, 0.15) is 15.9 Å². The van der Waals surface area contributed by atoms with Gasteiger partial charge in [0.2, 0.25) is 0 Å². The Labute approximate surface area is 232 Å². The lowest BCUT2D eigenvalue weighted by Gasteiger charge is -2.29. The van der Waals surface area contributed by atoms with E-state index in [-0.39, 0.29) is 0 Å². The molecule has 0 saturated heterocycles. The quantitative estimate of drug-likeness (QED) is 0.133. The highest BCUT2D eigenvalue weighted by Gasteiger charge is 2.21. The Morgan fingerprint density at radius 1 is 0.500 bits per heavy atom. The molecule has 0 saturated carbocycles. The van der Waals surface area contributed by atoms with E-state index in [0.717, 1.165) is 23.3 Å². The summed E-state index contributed by atoms with van der Waals surface area (Å²) in [5.41, 5.74) is 5.10. The van der Waals surface area contributed by atoms with E-state index in [9.17, 15) is 4.79 Å². The Hall–Kier alpha value is -5.21. The molecule has 0 aliphatic carbocycles. The van der Waals surface area contributed by atoms with Gasteiger partial charge in [0, 0.05) is 22.3 Å². The molecule has 0 aromatic heterocycles. The average molecular weight is 512 g/mol. The molecule has 0 unspecified atom stereocenters. The molecule has 0 heterocycles. The van der Waals surface area contributed by atoms with Crippen LogP contribution in [0.2, 0.25) is 0 Å². The Morgan fingerprint density at radius 2 is 1.18 bits per heavy atom. The second-order valence-corrected chi connectivity index (χ2v) is 10.6. The number of aldehydes is 1. The van der Waals surface area contributed by atoms with Crippen molar-refractivity contribution in [2.75, 3.05) is 4.90 Å². The van der Waals surface area contributed by atoms with E-state index in [1.807, 2.05) is 24.3 Å². The van der Waals surface area contributed by atoms with Gasteiger partial charge in [-0.25, -0.2) is 0 Å². The summed E-state index contributed by atoms with van der Waals surface area (Å²) in [5.74, 6) is 0. The van der Waals surface area contributed by atoms with Crippen molar-refractivity contribution in [3.8, 4) is 0 Å². The third-order valence-electron chi connectivity index (χ3n) is 8.35. The van der Waals surface area contributed by atoms with Crippen LogP contribution in [0.15, 0.2) is 127 Å². The number of rotatable bonds is 4. The molecule has 0 atom stereocenters. The number of nitrogens with zero attached hydrogens (tertiary/aromatic N) is 1. The first kappa shape index (κ1) is 22.7. The summed E-state index contributed by atoms with van der Waals surface area (Å²) in [5, 5.41) is 12.8. The molecule has 8 rings (SSSR count). The lowest BCUT2D eigenvalue weighted by molar-refractivity contribution is 0.112. The van der Waals surface area contributed by atoms with Gasteiger partial charge in [-0.3, -0.25) is 4.79 Å². The van der Waals surface area contributed by atoms with Gasteiger partial charge in [-0.05, 0) is 103 Å². The maximum absolute atomic E-state index is 11.4. The Kier molecular flexibility index (Phi) is 4.92. The fourth-order valence-electron chi connectivity index (χ4n) is 6.57. The summed E-state index contributed by atoms with van der Waals surface area (Å²) in [4.78, 5) is 13.8. The minimum atomic E-state index is 0.668. The highest BCUT2D eigenvalue weighted by atomic mass is 16.1. The van der Waals surface area contributed by atoms with Gasteiger partial charge < -0.3 is 4.90 Å². The highest BCUT2D eigenvalue weighted by Crippen LogP contribution is 2.47. The largest absolute Gasteiger partial charge is 0.310 e. The zero-order valence-corrected chi connectivity index (χ0v) is 22.1. The lowest BCUT2D eigenvalue weighted by atomic mass is 9.86. The number of anilines is 3. The van der Waals surface area contributed by atoms with E-state index >= 15 is 0 Å². The third kappa shape index (κ3) is 3.20. The molecule has 0 aliphatic rings. The van der Waals surface area contributed by atoms with Gasteiger partial charge >= 0.3 is 0 Å². The van der Waals surface area contributed by atoms with E-state index < -0.39 is 0 Å². The lowest BCUT2D eigenvalue weighted by Crippen LogP contribution is -2.12. The van der Waals surface area contributed by atoms with Gasteiger partial charge in [-0.15, -0.1) is 0 Å². The summed E-state index contributed by atoms with van der Waals surface area (Å²) in [6.45, 7) is 2.15. The van der Waals surface area contributed by atoms with Crippen LogP contribution in [0.4, 0.5) is 17.1 Å². The molecule has 40 heavy (non-hydrogen) atoms. The molecule has 0 radical (unpaired) electrons. The Morgan fingerprint density at radius 3 is 2.02 bits per heavy atom. The van der Waals surface area contributed by atoms with Gasteiger partial charge in [-0.2, -0.15) is 0 Å². The first-order valence-corrected chi connectivity index (χ1v) is 13.6. The first-order valence-electron chi connectivity index (χ1n) is 13.6. The van der Waals surface area contributed by atoms with Crippen molar-refractivity contribution >= 4 is 77.2 Å². The number of carbonyl (C=O) groups excluding carboxylic acids is 1. The normalized spacial score (nSPS) is 11.7. The molecule has 8 aromatic carbocycles. The Bertz CT molecular complexity index is 2240. The second-order valence-electron chi connectivity index (χ2n) is 10.6. The summed E-state index contributed by atoms with van der Waals surface area (Å²) in [7, 11) is 0. The predicted octanol–water partition coefficient (Wildman–Crippen LogP) is 10.5. The Balaban J connectivity index is 1.54. The van der Waals surface area contributed by atoms with Crippen LogP contribution in [-0.2, 0) is 0 Å². The molecule has 0 amide bonds. The standard InChI is InChI=1S/C38H25NO/c1-24-8-2-5-15-34(24)39(28-18-16-25(23-40)17-19-28)35-21-20-31-30-12-6-10-27-22-26-9-3-4-11-29(26)38(36(27)30)33-14-7-13-32(35)37(31)33/h2-23H,1H3. The molecule has 2 nitrogen and oxygen atoms in total. The molecule has 2 heteroatoms. The molecular weight excluding hydrogens is 486 g/mol. The molecule has 0 aliphatic heterocycles. The second kappa shape index (κ2) is 8.65. The van der Waals surface area contributed by atoms with Crippen molar-refractivity contribution < 1.29 is 4.79 Å². The minimum Gasteiger partial charge on any atom is -0.310 e. The number of carbonyl (C=O) groups is 1. The monoisotopic (exact) mass is 511 g/mol. The fraction of sp³-hybridized carbons (Fsp3) is 0.0263. The van der Waals surface area contributed by atoms with Crippen molar-refractivity contribution in [2.45, 2.75) is 6.92 Å². The number of hydrogen-bond acceptors (Lipinski definition) is 2. The minimum absolute atomic E-state index is 0.668. The number of para-hydroxylation sites is 1. The zero-order valence-electron chi connectivity index (χ0n) is 22.1. The molecule has 0 N–H and O–H groups in total. The highest BCUT2D eigenvalue weighted by molar-refractivity contribution is 6.38. The van der Waals surface area contributed by atoms with Crippen LogP contribution in [0.5, 0.6) is 0 Å². The summed E-state index contributed by atoms with van der Waals surface area (Å²) >= 11 is 0. The molecule has 188 valence electrons. The van der Waals surface area contributed by atoms with Crippen LogP contribution >= 0.6 is 0 Å². The van der Waals surface area contributed by atoms with Crippen LogP contribution in [0.25, 0.3) is 53.9 Å². The number of hydrogen-bond donors (Lipinski definition) is 0. The van der Waals surface area contributed by atoms with Crippen molar-refractivity contribution in [1.82, 2.24) is 0 Å². The maximum Gasteiger partial charge on any atom is 0.150 e. The van der Waals surface area contributed by atoms with Crippen LogP contribution in [0.3, 0.4) is 0 Å². The van der Waals surface area contributed by atoms with Crippen LogP contribution in [0, 0.1) is 6.92 Å². The van der Waals surface area contributed by atoms with Crippen molar-refractivity contribution in [1.29, 1.82) is 0 Å². The van der Waals surface area contributed by atoms with Crippen molar-refractivity contribution in [3.05, 3.63) is 139 Å². The molecular formula is C38H25NO. The molecule has 0 bridgehead atoms. The van der Waals surface area contributed by atoms with Crippen LogP contribution < -0.4 is 4.90 Å². The number of fused-ring (bicyclic) bond motifs is 4. The number of benzene rings is 8. The van der Waals surface area contributed by atoms with Crippen molar-refractivity contribution in [3.63, 3.8) is 0 Å². The predicted molar refractivity (Wildman–Crippen MR) is 170 cm³/mol. The third-order valence-corrected chi connectivity index (χ3v) is 8.35. The van der Waals surface area contributed by atoms with Gasteiger partial charge in [0.15, 0.2) is 0 Å². The molecule has 0 fully saturated rings. The fourth-order valence-corrected chi connectivity index (χ4v) is 6.57. The summed E-state index contributed by atoms with van der Waals surface area (Å²) in [6.07, 6.45) is 0.896. The summed E-state index contributed by atoms with van der Waals surface area (Å²) in [6, 6.07) is 45.3. The van der Waals surface area contributed by atoms with Crippen molar-refractivity contribution in [2.24, 2.45) is 0 Å². The SMILES string of the molecule is Cc1ccccc1N(c1ccc(C=O)cc1)c1ccc2c3cccc4cc5ccccc5c(c5cccc1c25)c43. The first-order chi connectivity index (χ1) is 19.7. The van der Waals surface area contributed by atoms with Crippen LogP contribution in [-0.4, -0.2) is 6.29 Å². The topological polar surface area (TPSA) is 20.3 Å². The maximum atomic E-state index is 11.4. The van der Waals surface area contributed by atoms with E-state index in [4.69, 9.17) is 0 Å². The average Bonchev–Trinajstić information content (AvgIpc) is 3.01. The molecule has 0 spiro atoms. The van der Waals surface area contributed by atoms with E-state index in [0.29, 0.717) is 5.56 Å². The number of aryl methyl sites for hydroxylation is 1. The van der Waals surface area contributed by atoms with Gasteiger partial charge in [0.05, 0.1) is 5.69 Å². The van der Waals surface area contributed by atoms with E-state index in [1.165, 1.54) is 59.4 Å². The zero-order chi connectivity index (χ0) is 26.8. The van der Waals surface area contributed by atoms with Gasteiger partial charge in [-0.1, -0.05) is 84.9 Å². The van der Waals surface area contributed by atoms with E-state index in [2.05, 4.69) is 115 Å². The smallest absolute Gasteiger partial charge is 0.150 e. The van der Waals surface area contributed by atoms with Gasteiger partial charge in [0.25, 0.3) is 0 Å².